The third-order valence-corrected chi connectivity index (χ3v) is 3.50. The highest BCUT2D eigenvalue weighted by atomic mass is 32.2. The van der Waals surface area contributed by atoms with Crippen LogP contribution in [0.4, 0.5) is 0 Å². The van der Waals surface area contributed by atoms with Crippen LogP contribution in [0.1, 0.15) is 23.8 Å². The lowest BCUT2D eigenvalue weighted by atomic mass is 10.2. The molecule has 0 fully saturated rings. The van der Waals surface area contributed by atoms with Crippen LogP contribution < -0.4 is 0 Å². The lowest BCUT2D eigenvalue weighted by Crippen LogP contribution is -1.97. The Labute approximate surface area is 108 Å². The lowest BCUT2D eigenvalue weighted by molar-refractivity contribution is -0.136. The average Bonchev–Trinajstić information content (AvgIpc) is 2.63. The van der Waals surface area contributed by atoms with Gasteiger partial charge in [-0.15, -0.1) is 11.3 Å². The third-order valence-electron chi connectivity index (χ3n) is 1.74. The van der Waals surface area contributed by atoms with Crippen molar-refractivity contribution in [2.75, 3.05) is 5.75 Å². The van der Waals surface area contributed by atoms with Gasteiger partial charge in [0.1, 0.15) is 0 Å². The quantitative estimate of drug-likeness (QED) is 0.673. The summed E-state index contributed by atoms with van der Waals surface area (Å²) < 4.78 is 0. The van der Waals surface area contributed by atoms with E-state index in [1.165, 1.54) is 30.0 Å². The molecule has 1 aromatic heterocycles. The predicted molar refractivity (Wildman–Crippen MR) is 70.3 cm³/mol. The summed E-state index contributed by atoms with van der Waals surface area (Å²) in [5, 5.41) is 10.6. The number of hydrogen-bond acceptors (Lipinski definition) is 4. The summed E-state index contributed by atoms with van der Waals surface area (Å²) in [5.41, 5.74) is 0.846. The summed E-state index contributed by atoms with van der Waals surface area (Å²) in [6.45, 7) is 1.54. The summed E-state index contributed by atoms with van der Waals surface area (Å²) in [5.74, 6) is 5.79. The van der Waals surface area contributed by atoms with E-state index in [1.54, 1.807) is 6.07 Å². The van der Waals surface area contributed by atoms with Gasteiger partial charge in [0, 0.05) is 34.9 Å². The fourth-order valence-corrected chi connectivity index (χ4v) is 2.40. The molecule has 1 heterocycles. The molecule has 3 nitrogen and oxygen atoms in total. The maximum absolute atomic E-state index is 10.6. The number of hydrogen-bond donors (Lipinski definition) is 1. The van der Waals surface area contributed by atoms with Crippen LogP contribution in [0, 0.1) is 11.8 Å². The largest absolute Gasteiger partial charge is 0.481 e. The minimum atomic E-state index is -0.829. The van der Waals surface area contributed by atoms with Crippen LogP contribution >= 0.6 is 23.1 Å². The average molecular weight is 268 g/mol. The van der Waals surface area contributed by atoms with Gasteiger partial charge >= 0.3 is 5.97 Å². The van der Waals surface area contributed by atoms with E-state index in [2.05, 4.69) is 11.8 Å². The van der Waals surface area contributed by atoms with Crippen molar-refractivity contribution >= 4 is 34.2 Å². The van der Waals surface area contributed by atoms with Gasteiger partial charge in [-0.05, 0) is 6.07 Å². The fraction of sp³-hybridized carbons (Fsp3) is 0.333. The summed E-state index contributed by atoms with van der Waals surface area (Å²) in [7, 11) is 0. The van der Waals surface area contributed by atoms with Crippen molar-refractivity contribution in [3.63, 3.8) is 0 Å². The molecular weight excluding hydrogens is 256 g/mol. The molecular formula is C12H12O3S2. The van der Waals surface area contributed by atoms with E-state index in [0.717, 1.165) is 10.4 Å². The molecule has 0 bridgehead atoms. The Hall–Kier alpha value is -1.25. The van der Waals surface area contributed by atoms with Gasteiger partial charge in [-0.1, -0.05) is 23.6 Å². The van der Waals surface area contributed by atoms with Gasteiger partial charge in [0.25, 0.3) is 0 Å². The molecule has 17 heavy (non-hydrogen) atoms. The number of rotatable bonds is 4. The Morgan fingerprint density at radius 2 is 2.29 bits per heavy atom. The highest BCUT2D eigenvalue weighted by Gasteiger charge is 2.02. The van der Waals surface area contributed by atoms with Gasteiger partial charge in [0.15, 0.2) is 5.12 Å². The zero-order valence-electron chi connectivity index (χ0n) is 9.36. The standard InChI is InChI=1S/C12H12O3S2/c1-9(13)16-5-3-2-4-10-6-11(17-8-10)7-12(14)15/h6,8H,3,5,7H2,1H3,(H,14,15). The highest BCUT2D eigenvalue weighted by molar-refractivity contribution is 8.13. The molecule has 0 saturated heterocycles. The van der Waals surface area contributed by atoms with Crippen LogP contribution in [0.3, 0.4) is 0 Å². The smallest absolute Gasteiger partial charge is 0.308 e. The number of aliphatic carboxylic acids is 1. The van der Waals surface area contributed by atoms with Crippen molar-refractivity contribution in [3.05, 3.63) is 21.9 Å². The van der Waals surface area contributed by atoms with Gasteiger partial charge in [-0.2, -0.15) is 0 Å². The van der Waals surface area contributed by atoms with Crippen LogP contribution in [0.25, 0.3) is 0 Å². The zero-order chi connectivity index (χ0) is 12.7. The van der Waals surface area contributed by atoms with Gasteiger partial charge in [-0.25, -0.2) is 0 Å². The Bertz CT molecular complexity index is 466. The third kappa shape index (κ3) is 6.15. The van der Waals surface area contributed by atoms with Crippen molar-refractivity contribution in [2.45, 2.75) is 19.8 Å². The summed E-state index contributed by atoms with van der Waals surface area (Å²) >= 11 is 2.67. The second-order valence-electron chi connectivity index (χ2n) is 3.26. The number of thioether (sulfide) groups is 1. The number of carboxylic acids is 1. The van der Waals surface area contributed by atoms with E-state index in [9.17, 15) is 9.59 Å². The Morgan fingerprint density at radius 1 is 1.53 bits per heavy atom. The molecule has 1 N–H and O–H groups in total. The maximum Gasteiger partial charge on any atom is 0.308 e. The Balaban J connectivity index is 2.41. The summed E-state index contributed by atoms with van der Waals surface area (Å²) in [4.78, 5) is 21.9. The van der Waals surface area contributed by atoms with E-state index in [4.69, 9.17) is 5.11 Å². The topological polar surface area (TPSA) is 54.4 Å². The monoisotopic (exact) mass is 268 g/mol. The molecule has 0 aromatic carbocycles. The Kier molecular flexibility index (Phi) is 5.81. The van der Waals surface area contributed by atoms with Crippen molar-refractivity contribution in [1.82, 2.24) is 0 Å². The van der Waals surface area contributed by atoms with E-state index in [-0.39, 0.29) is 11.5 Å². The van der Waals surface area contributed by atoms with Crippen molar-refractivity contribution in [2.24, 2.45) is 0 Å². The van der Waals surface area contributed by atoms with Crippen LogP contribution in [0.15, 0.2) is 11.4 Å². The molecule has 0 unspecified atom stereocenters. The maximum atomic E-state index is 10.6. The minimum absolute atomic E-state index is 0.0481. The molecule has 0 aliphatic heterocycles. The second kappa shape index (κ2) is 7.15. The molecule has 0 aliphatic carbocycles. The molecule has 0 radical (unpaired) electrons. The molecule has 0 atom stereocenters. The normalized spacial score (nSPS) is 9.47. The number of carboxylic acid groups (broad SMARTS) is 1. The predicted octanol–water partition coefficient (Wildman–Crippen LogP) is 2.40. The molecule has 0 spiro atoms. The van der Waals surface area contributed by atoms with Crippen LogP contribution in [0.2, 0.25) is 0 Å². The van der Waals surface area contributed by atoms with Gasteiger partial charge in [-0.3, -0.25) is 9.59 Å². The number of carbonyl (C=O) groups excluding carboxylic acids is 1. The SMILES string of the molecule is CC(=O)SCCC#Cc1csc(CC(=O)O)c1. The first kappa shape index (κ1) is 13.8. The van der Waals surface area contributed by atoms with E-state index in [0.29, 0.717) is 12.2 Å². The Morgan fingerprint density at radius 3 is 2.94 bits per heavy atom. The van der Waals surface area contributed by atoms with Crippen molar-refractivity contribution < 1.29 is 14.7 Å². The fourth-order valence-electron chi connectivity index (χ4n) is 1.10. The number of thiophene rings is 1. The van der Waals surface area contributed by atoms with Crippen molar-refractivity contribution in [1.29, 1.82) is 0 Å². The zero-order valence-corrected chi connectivity index (χ0v) is 11.0. The molecule has 0 aliphatic rings. The van der Waals surface area contributed by atoms with Crippen LogP contribution in [-0.4, -0.2) is 21.9 Å². The van der Waals surface area contributed by atoms with Crippen LogP contribution in [-0.2, 0) is 16.0 Å². The molecule has 1 aromatic rings. The van der Waals surface area contributed by atoms with E-state index >= 15 is 0 Å². The van der Waals surface area contributed by atoms with Gasteiger partial charge in [0.05, 0.1) is 6.42 Å². The molecule has 0 amide bonds. The van der Waals surface area contributed by atoms with Crippen LogP contribution in [0.5, 0.6) is 0 Å². The van der Waals surface area contributed by atoms with E-state index < -0.39 is 5.97 Å². The second-order valence-corrected chi connectivity index (χ2v) is 5.53. The van der Waals surface area contributed by atoms with Crippen molar-refractivity contribution in [3.8, 4) is 11.8 Å². The first-order chi connectivity index (χ1) is 8.08. The highest BCUT2D eigenvalue weighted by Crippen LogP contribution is 2.14. The lowest BCUT2D eigenvalue weighted by Gasteiger charge is -1.88. The summed E-state index contributed by atoms with van der Waals surface area (Å²) in [6, 6.07) is 1.80. The summed E-state index contributed by atoms with van der Waals surface area (Å²) in [6.07, 6.45) is 0.709. The molecule has 90 valence electrons. The van der Waals surface area contributed by atoms with Gasteiger partial charge < -0.3 is 5.11 Å². The van der Waals surface area contributed by atoms with Gasteiger partial charge in [0.2, 0.25) is 0 Å². The molecule has 5 heteroatoms. The molecule has 0 saturated carbocycles. The first-order valence-corrected chi connectivity index (χ1v) is 6.86. The first-order valence-electron chi connectivity index (χ1n) is 4.99. The number of carbonyl (C=O) groups is 2. The minimum Gasteiger partial charge on any atom is -0.481 e. The van der Waals surface area contributed by atoms with E-state index in [1.807, 2.05) is 5.38 Å². The molecule has 1 rings (SSSR count).